The molecule has 0 spiro atoms. The van der Waals surface area contributed by atoms with Crippen LogP contribution in [0.15, 0.2) is 0 Å². The van der Waals surface area contributed by atoms with Gasteiger partial charge in [0.15, 0.2) is 0 Å². The van der Waals surface area contributed by atoms with Gasteiger partial charge in [0.25, 0.3) is 0 Å². The van der Waals surface area contributed by atoms with Gasteiger partial charge < -0.3 is 5.11 Å². The number of hydrogen-bond donors (Lipinski definition) is 1. The van der Waals surface area contributed by atoms with Crippen LogP contribution in [0.2, 0.25) is 0 Å². The van der Waals surface area contributed by atoms with E-state index in [0.717, 1.165) is 0 Å². The van der Waals surface area contributed by atoms with Gasteiger partial charge in [-0.25, -0.2) is 8.51 Å². The highest BCUT2D eigenvalue weighted by molar-refractivity contribution is 7.83. The molecule has 0 aliphatic carbocycles. The fraction of sp³-hybridized carbons (Fsp3) is 0.889. The first-order chi connectivity index (χ1) is 6.45. The van der Waals surface area contributed by atoms with E-state index < -0.39 is 17.0 Å². The van der Waals surface area contributed by atoms with Crippen molar-refractivity contribution < 1.29 is 14.1 Å². The number of carboxylic acid groups (broad SMARTS) is 1. The molecule has 1 rings (SSSR count). The van der Waals surface area contributed by atoms with E-state index in [4.69, 9.17) is 5.11 Å². The molecule has 1 N–H and O–H groups in total. The molecule has 3 unspecified atom stereocenters. The molecule has 1 aliphatic rings. The topological polar surface area (TPSA) is 57.6 Å². The molecule has 4 nitrogen and oxygen atoms in total. The largest absolute Gasteiger partial charge is 0.481 e. The summed E-state index contributed by atoms with van der Waals surface area (Å²) in [6.45, 7) is 6.24. The fourth-order valence-electron chi connectivity index (χ4n) is 1.77. The summed E-state index contributed by atoms with van der Waals surface area (Å²) < 4.78 is 13.6. The number of hydrogen-bond acceptors (Lipinski definition) is 2. The zero-order chi connectivity index (χ0) is 10.9. The lowest BCUT2D eigenvalue weighted by molar-refractivity contribution is -0.142. The van der Waals surface area contributed by atoms with E-state index in [9.17, 15) is 9.00 Å². The van der Waals surface area contributed by atoms with E-state index in [0.29, 0.717) is 13.0 Å². The first-order valence-corrected chi connectivity index (χ1v) is 6.02. The Labute approximate surface area is 86.9 Å². The maximum Gasteiger partial charge on any atom is 0.308 e. The van der Waals surface area contributed by atoms with Crippen LogP contribution in [0.3, 0.4) is 0 Å². The number of nitrogens with zero attached hydrogens (tertiary/aromatic N) is 1. The number of carbonyl (C=O) groups is 1. The maximum absolute atomic E-state index is 11.8. The number of aliphatic carboxylic acids is 1. The predicted molar refractivity (Wildman–Crippen MR) is 55.2 cm³/mol. The SMILES string of the molecule is CC1C(C(=O)O)CCN1S(=O)C(C)C. The molecule has 82 valence electrons. The number of carboxylic acids is 1. The highest BCUT2D eigenvalue weighted by Crippen LogP contribution is 2.26. The summed E-state index contributed by atoms with van der Waals surface area (Å²) in [6, 6.07) is -0.115. The van der Waals surface area contributed by atoms with Crippen molar-refractivity contribution in [1.82, 2.24) is 4.31 Å². The Bertz CT molecular complexity index is 254. The molecule has 0 aromatic carbocycles. The molecule has 0 aromatic rings. The highest BCUT2D eigenvalue weighted by Gasteiger charge is 2.38. The monoisotopic (exact) mass is 219 g/mol. The Morgan fingerprint density at radius 3 is 2.50 bits per heavy atom. The van der Waals surface area contributed by atoms with Crippen LogP contribution in [0.25, 0.3) is 0 Å². The standard InChI is InChI=1S/C9H17NO3S/c1-6(2)14(13)10-5-4-8(7(10)3)9(11)12/h6-8H,4-5H2,1-3H3,(H,11,12). The van der Waals surface area contributed by atoms with E-state index in [1.165, 1.54) is 0 Å². The van der Waals surface area contributed by atoms with E-state index in [-0.39, 0.29) is 17.2 Å². The third kappa shape index (κ3) is 2.15. The van der Waals surface area contributed by atoms with E-state index >= 15 is 0 Å². The summed E-state index contributed by atoms with van der Waals surface area (Å²) in [5.41, 5.74) is 0. The van der Waals surface area contributed by atoms with Gasteiger partial charge in [0, 0.05) is 17.8 Å². The third-order valence-corrected chi connectivity index (χ3v) is 4.43. The smallest absolute Gasteiger partial charge is 0.308 e. The van der Waals surface area contributed by atoms with Crippen molar-refractivity contribution in [2.75, 3.05) is 6.54 Å². The maximum atomic E-state index is 11.8. The average molecular weight is 219 g/mol. The first kappa shape index (κ1) is 11.7. The minimum atomic E-state index is -1.04. The Morgan fingerprint density at radius 2 is 2.14 bits per heavy atom. The van der Waals surface area contributed by atoms with Crippen molar-refractivity contribution in [3.63, 3.8) is 0 Å². The van der Waals surface area contributed by atoms with Crippen LogP contribution in [0.5, 0.6) is 0 Å². The Hall–Kier alpha value is -0.420. The fourth-order valence-corrected chi connectivity index (χ4v) is 3.07. The molecule has 14 heavy (non-hydrogen) atoms. The van der Waals surface area contributed by atoms with Gasteiger partial charge >= 0.3 is 5.97 Å². The molecule has 3 atom stereocenters. The van der Waals surface area contributed by atoms with Crippen molar-refractivity contribution >= 4 is 17.0 Å². The molecule has 0 radical (unpaired) electrons. The molecule has 1 fully saturated rings. The summed E-state index contributed by atoms with van der Waals surface area (Å²) in [5.74, 6) is -1.14. The van der Waals surface area contributed by atoms with Crippen LogP contribution in [0, 0.1) is 5.92 Å². The minimum absolute atomic E-state index is 0.0602. The van der Waals surface area contributed by atoms with Gasteiger partial charge in [0.05, 0.1) is 16.9 Å². The van der Waals surface area contributed by atoms with Gasteiger partial charge in [0.2, 0.25) is 0 Å². The summed E-state index contributed by atoms with van der Waals surface area (Å²) in [4.78, 5) is 10.8. The summed E-state index contributed by atoms with van der Waals surface area (Å²) in [6.07, 6.45) is 0.606. The van der Waals surface area contributed by atoms with Gasteiger partial charge in [0.1, 0.15) is 0 Å². The summed E-state index contributed by atoms with van der Waals surface area (Å²) in [7, 11) is -1.04. The normalized spacial score (nSPS) is 30.9. The second-order valence-electron chi connectivity index (χ2n) is 3.94. The summed E-state index contributed by atoms with van der Waals surface area (Å²) >= 11 is 0. The lowest BCUT2D eigenvalue weighted by atomic mass is 10.0. The van der Waals surface area contributed by atoms with Crippen LogP contribution in [0.4, 0.5) is 0 Å². The van der Waals surface area contributed by atoms with Crippen molar-refractivity contribution in [1.29, 1.82) is 0 Å². The quantitative estimate of drug-likeness (QED) is 0.765. The van der Waals surface area contributed by atoms with E-state index in [1.807, 2.05) is 20.8 Å². The Morgan fingerprint density at radius 1 is 1.57 bits per heavy atom. The van der Waals surface area contributed by atoms with Gasteiger partial charge in [-0.15, -0.1) is 0 Å². The summed E-state index contributed by atoms with van der Waals surface area (Å²) in [5, 5.41) is 8.96. The van der Waals surface area contributed by atoms with Gasteiger partial charge in [-0.2, -0.15) is 0 Å². The molecule has 5 heteroatoms. The van der Waals surface area contributed by atoms with Crippen LogP contribution < -0.4 is 0 Å². The number of rotatable bonds is 3. The molecule has 1 heterocycles. The lowest BCUT2D eigenvalue weighted by Crippen LogP contribution is -2.37. The highest BCUT2D eigenvalue weighted by atomic mass is 32.2. The van der Waals surface area contributed by atoms with Crippen molar-refractivity contribution in [2.24, 2.45) is 5.92 Å². The van der Waals surface area contributed by atoms with Crippen LogP contribution in [-0.4, -0.2) is 37.4 Å². The zero-order valence-corrected chi connectivity index (χ0v) is 9.58. The second kappa shape index (κ2) is 4.40. The second-order valence-corrected chi connectivity index (χ2v) is 5.90. The Balaban J connectivity index is 2.68. The van der Waals surface area contributed by atoms with Crippen LogP contribution >= 0.6 is 0 Å². The molecular weight excluding hydrogens is 202 g/mol. The van der Waals surface area contributed by atoms with E-state index in [2.05, 4.69) is 0 Å². The predicted octanol–water partition coefficient (Wildman–Crippen LogP) is 0.853. The third-order valence-electron chi connectivity index (χ3n) is 2.65. The van der Waals surface area contributed by atoms with Crippen molar-refractivity contribution in [3.8, 4) is 0 Å². The van der Waals surface area contributed by atoms with Gasteiger partial charge in [-0.3, -0.25) is 4.79 Å². The van der Waals surface area contributed by atoms with Crippen molar-refractivity contribution in [2.45, 2.75) is 38.5 Å². The van der Waals surface area contributed by atoms with Gasteiger partial charge in [-0.1, -0.05) is 0 Å². The minimum Gasteiger partial charge on any atom is -0.481 e. The van der Waals surface area contributed by atoms with Crippen LogP contribution in [-0.2, 0) is 15.8 Å². The lowest BCUT2D eigenvalue weighted by Gasteiger charge is -2.23. The average Bonchev–Trinajstić information content (AvgIpc) is 2.45. The molecule has 0 bridgehead atoms. The Kier molecular flexibility index (Phi) is 3.66. The van der Waals surface area contributed by atoms with Crippen LogP contribution in [0.1, 0.15) is 27.2 Å². The molecule has 1 aliphatic heterocycles. The molecular formula is C9H17NO3S. The molecule has 0 saturated carbocycles. The molecule has 0 aromatic heterocycles. The van der Waals surface area contributed by atoms with E-state index in [1.54, 1.807) is 4.31 Å². The first-order valence-electron chi connectivity index (χ1n) is 4.85. The van der Waals surface area contributed by atoms with Gasteiger partial charge in [-0.05, 0) is 27.2 Å². The molecule has 1 saturated heterocycles. The molecule has 0 amide bonds. The zero-order valence-electron chi connectivity index (χ0n) is 8.77. The van der Waals surface area contributed by atoms with Crippen molar-refractivity contribution in [3.05, 3.63) is 0 Å².